The summed E-state index contributed by atoms with van der Waals surface area (Å²) in [6.45, 7) is 0. The van der Waals surface area contributed by atoms with E-state index in [2.05, 4.69) is 6.07 Å². The van der Waals surface area contributed by atoms with Gasteiger partial charge in [-0.25, -0.2) is 0 Å². The molecule has 1 aliphatic heterocycles. The van der Waals surface area contributed by atoms with Crippen molar-refractivity contribution in [3.63, 3.8) is 0 Å². The fourth-order valence-electron chi connectivity index (χ4n) is 2.39. The summed E-state index contributed by atoms with van der Waals surface area (Å²) in [5.41, 5.74) is 2.34. The van der Waals surface area contributed by atoms with Crippen molar-refractivity contribution in [3.8, 4) is 6.07 Å². The Morgan fingerprint density at radius 2 is 2.00 bits per heavy atom. The van der Waals surface area contributed by atoms with Crippen LogP contribution in [0, 0.1) is 11.3 Å². The Balaban J connectivity index is 2.20. The number of anilines is 1. The van der Waals surface area contributed by atoms with Crippen molar-refractivity contribution in [2.45, 2.75) is 6.04 Å². The zero-order valence-corrected chi connectivity index (χ0v) is 9.87. The van der Waals surface area contributed by atoms with Gasteiger partial charge in [0.05, 0.1) is 11.6 Å². The highest BCUT2D eigenvalue weighted by molar-refractivity contribution is 6.04. The first-order chi connectivity index (χ1) is 8.72. The summed E-state index contributed by atoms with van der Waals surface area (Å²) in [6, 6.07) is 10.9. The van der Waals surface area contributed by atoms with E-state index >= 15 is 0 Å². The molecular weight excluding hydrogens is 226 g/mol. The van der Waals surface area contributed by atoms with Gasteiger partial charge in [0.2, 0.25) is 0 Å². The van der Waals surface area contributed by atoms with Gasteiger partial charge in [-0.1, -0.05) is 0 Å². The van der Waals surface area contributed by atoms with Crippen LogP contribution in [0.4, 0.5) is 5.69 Å². The van der Waals surface area contributed by atoms with E-state index in [1.54, 1.807) is 24.1 Å². The van der Waals surface area contributed by atoms with Crippen LogP contribution >= 0.6 is 0 Å². The van der Waals surface area contributed by atoms with Gasteiger partial charge in [0.1, 0.15) is 6.04 Å². The maximum absolute atomic E-state index is 12.3. The van der Waals surface area contributed by atoms with Crippen LogP contribution in [-0.2, 0) is 4.79 Å². The van der Waals surface area contributed by atoms with Gasteiger partial charge in [0.15, 0.2) is 0 Å². The molecule has 0 radical (unpaired) electrons. The van der Waals surface area contributed by atoms with Gasteiger partial charge in [-0.3, -0.25) is 4.79 Å². The number of fused-ring (bicyclic) bond motifs is 1. The molecule has 0 bridgehead atoms. The molecule has 0 spiro atoms. The first-order valence-corrected chi connectivity index (χ1v) is 5.66. The molecule has 1 amide bonds. The van der Waals surface area contributed by atoms with Gasteiger partial charge in [-0.2, -0.15) is 5.26 Å². The summed E-state index contributed by atoms with van der Waals surface area (Å²) < 4.78 is 1.87. The first kappa shape index (κ1) is 10.6. The summed E-state index contributed by atoms with van der Waals surface area (Å²) in [7, 11) is 1.76. The molecule has 4 nitrogen and oxygen atoms in total. The normalized spacial score (nSPS) is 17.7. The van der Waals surface area contributed by atoms with Gasteiger partial charge in [0.25, 0.3) is 5.91 Å². The van der Waals surface area contributed by atoms with Crippen LogP contribution in [0.25, 0.3) is 0 Å². The Morgan fingerprint density at radius 1 is 1.28 bits per heavy atom. The minimum Gasteiger partial charge on any atom is -0.338 e. The molecule has 18 heavy (non-hydrogen) atoms. The van der Waals surface area contributed by atoms with Crippen molar-refractivity contribution in [1.82, 2.24) is 4.57 Å². The SMILES string of the molecule is CN1C(=O)C(n2cccc2)c2cc(C#N)ccc21. The molecule has 2 aromatic rings. The van der Waals surface area contributed by atoms with Crippen molar-refractivity contribution in [1.29, 1.82) is 5.26 Å². The highest BCUT2D eigenvalue weighted by Crippen LogP contribution is 2.37. The Bertz CT molecular complexity index is 652. The molecule has 1 aromatic carbocycles. The average molecular weight is 237 g/mol. The number of rotatable bonds is 1. The van der Waals surface area contributed by atoms with Gasteiger partial charge in [-0.15, -0.1) is 0 Å². The van der Waals surface area contributed by atoms with Crippen LogP contribution in [0.1, 0.15) is 17.2 Å². The predicted molar refractivity (Wildman–Crippen MR) is 67.1 cm³/mol. The van der Waals surface area contributed by atoms with E-state index in [4.69, 9.17) is 5.26 Å². The van der Waals surface area contributed by atoms with Crippen LogP contribution in [0.5, 0.6) is 0 Å². The first-order valence-electron chi connectivity index (χ1n) is 5.66. The number of carbonyl (C=O) groups is 1. The quantitative estimate of drug-likeness (QED) is 0.760. The molecule has 1 unspecified atom stereocenters. The fourth-order valence-corrected chi connectivity index (χ4v) is 2.39. The molecule has 4 heteroatoms. The fraction of sp³-hybridized carbons (Fsp3) is 0.143. The monoisotopic (exact) mass is 237 g/mol. The summed E-state index contributed by atoms with van der Waals surface area (Å²) in [5, 5.41) is 8.96. The third-order valence-electron chi connectivity index (χ3n) is 3.30. The minimum absolute atomic E-state index is 0.0243. The van der Waals surface area contributed by atoms with E-state index in [0.29, 0.717) is 5.56 Å². The Morgan fingerprint density at radius 3 is 2.67 bits per heavy atom. The molecule has 0 aliphatic carbocycles. The van der Waals surface area contributed by atoms with Crippen LogP contribution in [0.2, 0.25) is 0 Å². The molecule has 0 fully saturated rings. The van der Waals surface area contributed by atoms with Crippen molar-refractivity contribution in [2.75, 3.05) is 11.9 Å². The zero-order valence-electron chi connectivity index (χ0n) is 9.87. The van der Waals surface area contributed by atoms with Gasteiger partial charge in [-0.05, 0) is 30.3 Å². The third kappa shape index (κ3) is 1.34. The predicted octanol–water partition coefficient (Wildman–Crippen LogP) is 1.93. The Hall–Kier alpha value is -2.54. The summed E-state index contributed by atoms with van der Waals surface area (Å²) >= 11 is 0. The second-order valence-corrected chi connectivity index (χ2v) is 4.32. The number of hydrogen-bond donors (Lipinski definition) is 0. The van der Waals surface area contributed by atoms with E-state index < -0.39 is 0 Å². The van der Waals surface area contributed by atoms with Crippen LogP contribution in [0.3, 0.4) is 0 Å². The molecule has 1 atom stereocenters. The third-order valence-corrected chi connectivity index (χ3v) is 3.30. The molecule has 3 rings (SSSR count). The van der Waals surface area contributed by atoms with E-state index in [-0.39, 0.29) is 11.9 Å². The average Bonchev–Trinajstić information content (AvgIpc) is 2.98. The lowest BCUT2D eigenvalue weighted by atomic mass is 10.1. The zero-order chi connectivity index (χ0) is 12.7. The van der Waals surface area contributed by atoms with Crippen molar-refractivity contribution in [3.05, 3.63) is 53.9 Å². The second kappa shape index (κ2) is 3.74. The second-order valence-electron chi connectivity index (χ2n) is 4.32. The van der Waals surface area contributed by atoms with Crippen molar-refractivity contribution in [2.24, 2.45) is 0 Å². The number of nitriles is 1. The van der Waals surface area contributed by atoms with E-state index in [1.807, 2.05) is 35.2 Å². The van der Waals surface area contributed by atoms with E-state index in [1.165, 1.54) is 0 Å². The standard InChI is InChI=1S/C14H11N3O/c1-16-12-5-4-10(9-15)8-11(12)13(14(16)18)17-6-2-3-7-17/h2-8,13H,1H3. The van der Waals surface area contributed by atoms with Gasteiger partial charge < -0.3 is 9.47 Å². The topological polar surface area (TPSA) is 49.0 Å². The molecule has 1 aromatic heterocycles. The molecule has 0 saturated carbocycles. The molecule has 2 heterocycles. The van der Waals surface area contributed by atoms with Crippen molar-refractivity contribution >= 4 is 11.6 Å². The van der Waals surface area contributed by atoms with Gasteiger partial charge in [0, 0.05) is 30.7 Å². The summed E-state index contributed by atoms with van der Waals surface area (Å²) in [6.07, 6.45) is 3.73. The largest absolute Gasteiger partial charge is 0.338 e. The highest BCUT2D eigenvalue weighted by Gasteiger charge is 2.36. The molecule has 0 saturated heterocycles. The number of amides is 1. The molecule has 1 aliphatic rings. The lowest BCUT2D eigenvalue weighted by molar-refractivity contribution is -0.119. The van der Waals surface area contributed by atoms with E-state index in [9.17, 15) is 4.79 Å². The van der Waals surface area contributed by atoms with Gasteiger partial charge >= 0.3 is 0 Å². The number of hydrogen-bond acceptors (Lipinski definition) is 2. The van der Waals surface area contributed by atoms with Crippen molar-refractivity contribution < 1.29 is 4.79 Å². The number of carbonyl (C=O) groups excluding carboxylic acids is 1. The number of aromatic nitrogens is 1. The van der Waals surface area contributed by atoms with Crippen LogP contribution < -0.4 is 4.90 Å². The maximum atomic E-state index is 12.3. The summed E-state index contributed by atoms with van der Waals surface area (Å²) in [4.78, 5) is 13.9. The lowest BCUT2D eigenvalue weighted by Crippen LogP contribution is -2.26. The number of nitrogens with zero attached hydrogens (tertiary/aromatic N) is 3. The molecule has 88 valence electrons. The smallest absolute Gasteiger partial charge is 0.254 e. The number of benzene rings is 1. The van der Waals surface area contributed by atoms with Crippen LogP contribution in [-0.4, -0.2) is 17.5 Å². The highest BCUT2D eigenvalue weighted by atomic mass is 16.2. The number of likely N-dealkylation sites (N-methyl/N-ethyl adjacent to an activating group) is 1. The van der Waals surface area contributed by atoms with E-state index in [0.717, 1.165) is 11.3 Å². The lowest BCUT2D eigenvalue weighted by Gasteiger charge is -2.12. The Kier molecular flexibility index (Phi) is 2.20. The maximum Gasteiger partial charge on any atom is 0.254 e. The Labute approximate surface area is 105 Å². The molecule has 0 N–H and O–H groups in total. The minimum atomic E-state index is -0.353. The molecular formula is C14H11N3O. The van der Waals surface area contributed by atoms with Crippen LogP contribution in [0.15, 0.2) is 42.7 Å². The summed E-state index contributed by atoms with van der Waals surface area (Å²) in [5.74, 6) is 0.0243.